The van der Waals surface area contributed by atoms with Crippen LogP contribution in [-0.2, 0) is 25.7 Å². The molecule has 3 atom stereocenters. The van der Waals surface area contributed by atoms with E-state index >= 15 is 0 Å². The molecule has 5 N–H and O–H groups in total. The number of Topliss-reactive ketones (excluding diaryl/α,β-unsaturated/α-hetero) is 1. The van der Waals surface area contributed by atoms with Crippen molar-refractivity contribution in [3.8, 4) is 0 Å². The van der Waals surface area contributed by atoms with E-state index in [1.807, 2.05) is 0 Å². The van der Waals surface area contributed by atoms with Gasteiger partial charge in [-0.25, -0.2) is 0 Å². The quantitative estimate of drug-likeness (QED) is 0.300. The van der Waals surface area contributed by atoms with Crippen LogP contribution in [0.25, 0.3) is 0 Å². The number of carbonyl (C=O) groups is 5. The van der Waals surface area contributed by atoms with Crippen LogP contribution in [0, 0.1) is 5.92 Å². The van der Waals surface area contributed by atoms with E-state index in [9.17, 15) is 37.1 Å². The van der Waals surface area contributed by atoms with Gasteiger partial charge in [0.05, 0.1) is 23.6 Å². The molecule has 0 radical (unpaired) electrons. The van der Waals surface area contributed by atoms with E-state index < -0.39 is 54.4 Å². The van der Waals surface area contributed by atoms with Gasteiger partial charge in [0.1, 0.15) is 0 Å². The van der Waals surface area contributed by atoms with Crippen molar-refractivity contribution >= 4 is 46.7 Å². The summed E-state index contributed by atoms with van der Waals surface area (Å²) in [6.45, 7) is 1.78. The van der Waals surface area contributed by atoms with Crippen LogP contribution in [-0.4, -0.2) is 41.6 Å². The Morgan fingerprint density at radius 2 is 1.82 bits per heavy atom. The summed E-state index contributed by atoms with van der Waals surface area (Å²) in [6.07, 6.45) is -6.88. The molecule has 3 rings (SSSR count). The predicted molar refractivity (Wildman–Crippen MR) is 140 cm³/mol. The van der Waals surface area contributed by atoms with Crippen LogP contribution in [0.15, 0.2) is 42.5 Å². The van der Waals surface area contributed by atoms with Crippen molar-refractivity contribution in [3.05, 3.63) is 64.2 Å². The summed E-state index contributed by atoms with van der Waals surface area (Å²) in [5.74, 6) is -6.65. The minimum Gasteiger partial charge on any atom is -0.366 e. The van der Waals surface area contributed by atoms with Crippen molar-refractivity contribution in [1.82, 2.24) is 10.6 Å². The van der Waals surface area contributed by atoms with E-state index in [0.29, 0.717) is 12.0 Å². The Balaban J connectivity index is 2.02. The van der Waals surface area contributed by atoms with E-state index in [-0.39, 0.29) is 46.8 Å². The number of benzene rings is 2. The maximum absolute atomic E-state index is 13.6. The Bertz CT molecular complexity index is 1300. The number of nitrogens with one attached hydrogen (secondary N) is 3. The zero-order chi connectivity index (χ0) is 29.6. The second-order valence-electron chi connectivity index (χ2n) is 9.61. The zero-order valence-electron chi connectivity index (χ0n) is 21.4. The number of amides is 4. The first kappa shape index (κ1) is 30.6. The first-order valence-electron chi connectivity index (χ1n) is 12.4. The minimum atomic E-state index is -4.62. The van der Waals surface area contributed by atoms with Gasteiger partial charge in [-0.2, -0.15) is 13.2 Å². The molecule has 1 heterocycles. The molecule has 1 fully saturated rings. The lowest BCUT2D eigenvalue weighted by Crippen LogP contribution is -2.36. The Morgan fingerprint density at radius 3 is 2.40 bits per heavy atom. The van der Waals surface area contributed by atoms with Crippen molar-refractivity contribution in [2.24, 2.45) is 11.7 Å². The van der Waals surface area contributed by atoms with Gasteiger partial charge in [-0.3, -0.25) is 24.0 Å². The van der Waals surface area contributed by atoms with Gasteiger partial charge in [-0.05, 0) is 43.0 Å². The van der Waals surface area contributed by atoms with E-state index in [4.69, 9.17) is 17.3 Å². The van der Waals surface area contributed by atoms with E-state index in [0.717, 1.165) is 6.07 Å². The molecule has 2 aromatic rings. The van der Waals surface area contributed by atoms with Crippen molar-refractivity contribution in [2.75, 3.05) is 5.32 Å². The molecule has 13 heteroatoms. The number of anilines is 1. The predicted octanol–water partition coefficient (Wildman–Crippen LogP) is 3.60. The molecular weight excluding hydrogens is 553 g/mol. The average Bonchev–Trinajstić information content (AvgIpc) is 3.21. The van der Waals surface area contributed by atoms with E-state index in [1.54, 1.807) is 37.3 Å². The molecule has 0 spiro atoms. The molecule has 0 bridgehead atoms. The number of alkyl halides is 3. The van der Waals surface area contributed by atoms with Gasteiger partial charge < -0.3 is 21.7 Å². The molecule has 2 aromatic carbocycles. The highest BCUT2D eigenvalue weighted by atomic mass is 35.5. The Hall–Kier alpha value is -3.93. The maximum atomic E-state index is 13.6. The number of hydrogen-bond acceptors (Lipinski definition) is 5. The standard InChI is InChI=1S/C27H28ClF3N4O5/c1-14-9-16(25(39)34-14)10-19(23(37)26(40)33-13-15-5-3-2-4-6-15)18-11-17(28)12-20(24(32)38)22(18)35-21(36)7-8-27(29,30)31/h2-6,11-12,14,16,19H,7-10,13H2,1H3,(H2,32,38)(H,33,40)(H,34,39)(H,35,36)/t14-,16-,19+/m1/s1. The van der Waals surface area contributed by atoms with Crippen molar-refractivity contribution in [3.63, 3.8) is 0 Å². The number of hydrogen-bond donors (Lipinski definition) is 4. The van der Waals surface area contributed by atoms with Crippen LogP contribution < -0.4 is 21.7 Å². The van der Waals surface area contributed by atoms with Crippen molar-refractivity contribution in [1.29, 1.82) is 0 Å². The van der Waals surface area contributed by atoms with Gasteiger partial charge in [-0.1, -0.05) is 41.9 Å². The lowest BCUT2D eigenvalue weighted by atomic mass is 9.82. The molecule has 40 heavy (non-hydrogen) atoms. The lowest BCUT2D eigenvalue weighted by Gasteiger charge is -2.23. The largest absolute Gasteiger partial charge is 0.389 e. The molecule has 1 aliphatic rings. The van der Waals surface area contributed by atoms with Gasteiger partial charge in [-0.15, -0.1) is 0 Å². The molecule has 0 saturated carbocycles. The molecule has 0 aliphatic carbocycles. The molecule has 214 valence electrons. The zero-order valence-corrected chi connectivity index (χ0v) is 22.2. The number of carbonyl (C=O) groups excluding carboxylic acids is 5. The highest BCUT2D eigenvalue weighted by Crippen LogP contribution is 2.38. The summed E-state index contributed by atoms with van der Waals surface area (Å²) < 4.78 is 38.1. The summed E-state index contributed by atoms with van der Waals surface area (Å²) >= 11 is 6.20. The van der Waals surface area contributed by atoms with Crippen molar-refractivity contribution in [2.45, 2.75) is 57.3 Å². The average molecular weight is 581 g/mol. The SMILES string of the molecule is C[C@@H]1C[C@H](C[C@H](C(=O)C(=O)NCc2ccccc2)c2cc(Cl)cc(C(N)=O)c2NC(=O)CCC(F)(F)F)C(=O)N1. The second kappa shape index (κ2) is 12.9. The summed E-state index contributed by atoms with van der Waals surface area (Å²) in [7, 11) is 0. The number of rotatable bonds is 11. The summed E-state index contributed by atoms with van der Waals surface area (Å²) in [6, 6.07) is 10.8. The monoisotopic (exact) mass is 580 g/mol. The Labute approximate surface area is 233 Å². The Kier molecular flexibility index (Phi) is 9.91. The third-order valence-electron chi connectivity index (χ3n) is 6.43. The van der Waals surface area contributed by atoms with Gasteiger partial charge in [0.2, 0.25) is 17.6 Å². The van der Waals surface area contributed by atoms with Crippen molar-refractivity contribution < 1.29 is 37.1 Å². The number of ketones is 1. The first-order chi connectivity index (χ1) is 18.7. The third-order valence-corrected chi connectivity index (χ3v) is 6.65. The second-order valence-corrected chi connectivity index (χ2v) is 10.0. The molecular formula is C27H28ClF3N4O5. The smallest absolute Gasteiger partial charge is 0.366 e. The van der Waals surface area contributed by atoms with E-state index in [1.165, 1.54) is 6.07 Å². The number of halogens is 4. The molecule has 1 aliphatic heterocycles. The molecule has 9 nitrogen and oxygen atoms in total. The summed E-state index contributed by atoms with van der Waals surface area (Å²) in [5.41, 5.74) is 5.35. The van der Waals surface area contributed by atoms with Gasteiger partial charge in [0.25, 0.3) is 11.8 Å². The fraction of sp³-hybridized carbons (Fsp3) is 0.370. The topological polar surface area (TPSA) is 147 Å². The van der Waals surface area contributed by atoms with Crippen LogP contribution in [0.1, 0.15) is 60.0 Å². The molecule has 4 amide bonds. The molecule has 0 unspecified atom stereocenters. The van der Waals surface area contributed by atoms with Gasteiger partial charge >= 0.3 is 6.18 Å². The minimum absolute atomic E-state index is 0.0161. The number of primary amides is 1. The maximum Gasteiger partial charge on any atom is 0.389 e. The first-order valence-corrected chi connectivity index (χ1v) is 12.8. The molecule has 1 saturated heterocycles. The fourth-order valence-electron chi connectivity index (χ4n) is 4.53. The lowest BCUT2D eigenvalue weighted by molar-refractivity contribution is -0.142. The summed E-state index contributed by atoms with van der Waals surface area (Å²) in [5, 5.41) is 7.42. The Morgan fingerprint density at radius 1 is 1.15 bits per heavy atom. The normalized spacial score (nSPS) is 17.6. The highest BCUT2D eigenvalue weighted by molar-refractivity contribution is 6.38. The van der Waals surface area contributed by atoms with Crippen LogP contribution in [0.3, 0.4) is 0 Å². The van der Waals surface area contributed by atoms with E-state index in [2.05, 4.69) is 16.0 Å². The van der Waals surface area contributed by atoms with Gasteiger partial charge in [0, 0.05) is 29.9 Å². The van der Waals surface area contributed by atoms with Crippen LogP contribution >= 0.6 is 11.6 Å². The van der Waals surface area contributed by atoms with Crippen LogP contribution in [0.4, 0.5) is 18.9 Å². The summed E-state index contributed by atoms with van der Waals surface area (Å²) in [4.78, 5) is 63.8. The van der Waals surface area contributed by atoms with Crippen LogP contribution in [0.5, 0.6) is 0 Å². The van der Waals surface area contributed by atoms with Crippen LogP contribution in [0.2, 0.25) is 5.02 Å². The number of nitrogens with two attached hydrogens (primary N) is 1. The van der Waals surface area contributed by atoms with Gasteiger partial charge in [0.15, 0.2) is 0 Å². The highest BCUT2D eigenvalue weighted by Gasteiger charge is 2.38. The third kappa shape index (κ3) is 8.28. The molecule has 0 aromatic heterocycles. The fourth-order valence-corrected chi connectivity index (χ4v) is 4.76.